The third kappa shape index (κ3) is 12.3. The summed E-state index contributed by atoms with van der Waals surface area (Å²) in [6, 6.07) is 20.5. The van der Waals surface area contributed by atoms with Gasteiger partial charge in [-0.05, 0) is 36.8 Å². The molecule has 0 aromatic heterocycles. The molecule has 2 N–H and O–H groups in total. The topological polar surface area (TPSA) is 76.0 Å². The van der Waals surface area contributed by atoms with Gasteiger partial charge in [-0.15, -0.1) is 0 Å². The molecule has 2 atom stereocenters. The van der Waals surface area contributed by atoms with Crippen molar-refractivity contribution >= 4 is 8.25 Å². The van der Waals surface area contributed by atoms with Crippen LogP contribution in [0.2, 0.25) is 0 Å². The van der Waals surface area contributed by atoms with Crippen molar-refractivity contribution in [3.05, 3.63) is 71.8 Å². The SMILES string of the molecule is O=[PH](OCC(CCCCCCO)c1ccccc1)OCC(CCCCCCO)c1ccccc1. The maximum absolute atomic E-state index is 12.6. The fourth-order valence-corrected chi connectivity index (χ4v) is 4.99. The van der Waals surface area contributed by atoms with Gasteiger partial charge in [-0.25, -0.2) is 0 Å². The minimum atomic E-state index is -2.59. The summed E-state index contributed by atoms with van der Waals surface area (Å²) in [7, 11) is -2.59. The van der Waals surface area contributed by atoms with E-state index in [4.69, 9.17) is 19.3 Å². The molecule has 0 spiro atoms. The van der Waals surface area contributed by atoms with E-state index in [1.54, 1.807) is 0 Å². The van der Waals surface area contributed by atoms with Crippen LogP contribution < -0.4 is 0 Å². The lowest BCUT2D eigenvalue weighted by atomic mass is 9.94. The van der Waals surface area contributed by atoms with Crippen LogP contribution in [0.1, 0.15) is 87.2 Å². The third-order valence-corrected chi connectivity index (χ3v) is 7.07. The van der Waals surface area contributed by atoms with Crippen molar-refractivity contribution in [2.45, 2.75) is 76.0 Å². The number of unbranched alkanes of at least 4 members (excludes halogenated alkanes) is 6. The minimum absolute atomic E-state index is 0.185. The highest BCUT2D eigenvalue weighted by Crippen LogP contribution is 2.33. The Labute approximate surface area is 206 Å². The lowest BCUT2D eigenvalue weighted by Crippen LogP contribution is -2.08. The van der Waals surface area contributed by atoms with Crippen molar-refractivity contribution in [2.24, 2.45) is 0 Å². The fraction of sp³-hybridized carbons (Fsp3) is 0.571. The first kappa shape index (κ1) is 28.7. The molecule has 5 nitrogen and oxygen atoms in total. The Morgan fingerprint density at radius 1 is 0.588 bits per heavy atom. The summed E-state index contributed by atoms with van der Waals surface area (Å²) in [6.07, 6.45) is 9.93. The summed E-state index contributed by atoms with van der Waals surface area (Å²) in [5, 5.41) is 17.9. The molecule has 0 fully saturated rings. The predicted octanol–water partition coefficient (Wildman–Crippen LogP) is 6.86. The highest BCUT2D eigenvalue weighted by molar-refractivity contribution is 7.33. The molecule has 0 saturated carbocycles. The van der Waals surface area contributed by atoms with Crippen LogP contribution in [0, 0.1) is 0 Å². The first-order valence-electron chi connectivity index (χ1n) is 12.9. The van der Waals surface area contributed by atoms with Crippen molar-refractivity contribution in [3.63, 3.8) is 0 Å². The molecule has 0 aliphatic rings. The van der Waals surface area contributed by atoms with Crippen molar-refractivity contribution in [2.75, 3.05) is 26.4 Å². The van der Waals surface area contributed by atoms with Crippen LogP contribution in [-0.4, -0.2) is 36.6 Å². The Balaban J connectivity index is 1.83. The van der Waals surface area contributed by atoms with Crippen molar-refractivity contribution in [1.29, 1.82) is 0 Å². The summed E-state index contributed by atoms with van der Waals surface area (Å²) in [5.41, 5.74) is 2.40. The molecule has 0 saturated heterocycles. The molecule has 0 heterocycles. The number of aliphatic hydroxyl groups is 2. The molecule has 0 aliphatic heterocycles. The maximum Gasteiger partial charge on any atom is 0.319 e. The first-order chi connectivity index (χ1) is 16.7. The van der Waals surface area contributed by atoms with E-state index in [9.17, 15) is 4.57 Å². The van der Waals surface area contributed by atoms with E-state index in [1.165, 1.54) is 11.1 Å². The molecule has 2 rings (SSSR count). The van der Waals surface area contributed by atoms with E-state index in [-0.39, 0.29) is 25.0 Å². The summed E-state index contributed by atoms with van der Waals surface area (Å²) in [6.45, 7) is 1.27. The van der Waals surface area contributed by atoms with Gasteiger partial charge in [0.05, 0.1) is 13.2 Å². The summed E-state index contributed by atoms with van der Waals surface area (Å²) in [5.74, 6) is 0.369. The summed E-state index contributed by atoms with van der Waals surface area (Å²) >= 11 is 0. The largest absolute Gasteiger partial charge is 0.396 e. The van der Waals surface area contributed by atoms with E-state index < -0.39 is 8.25 Å². The Bertz CT molecular complexity index is 692. The molecule has 0 radical (unpaired) electrons. The van der Waals surface area contributed by atoms with Crippen LogP contribution in [-0.2, 0) is 13.6 Å². The van der Waals surface area contributed by atoms with E-state index in [0.717, 1.165) is 64.2 Å². The normalized spacial score (nSPS) is 14.1. The second-order valence-corrected chi connectivity index (χ2v) is 10.0. The first-order valence-corrected chi connectivity index (χ1v) is 14.1. The second kappa shape index (κ2) is 18.8. The zero-order chi connectivity index (χ0) is 24.3. The van der Waals surface area contributed by atoms with Gasteiger partial charge >= 0.3 is 8.25 Å². The molecule has 0 bridgehead atoms. The van der Waals surface area contributed by atoms with E-state index in [1.807, 2.05) is 36.4 Å². The average molecular weight is 491 g/mol. The van der Waals surface area contributed by atoms with Gasteiger partial charge in [-0.2, -0.15) is 0 Å². The highest BCUT2D eigenvalue weighted by atomic mass is 31.1. The van der Waals surface area contributed by atoms with Crippen LogP contribution in [0.25, 0.3) is 0 Å². The number of hydrogen-bond acceptors (Lipinski definition) is 5. The maximum atomic E-state index is 12.6. The zero-order valence-corrected chi connectivity index (χ0v) is 21.4. The molecular weight excluding hydrogens is 447 g/mol. The predicted molar refractivity (Wildman–Crippen MR) is 140 cm³/mol. The fourth-order valence-electron chi connectivity index (χ4n) is 4.23. The Morgan fingerprint density at radius 2 is 0.971 bits per heavy atom. The van der Waals surface area contributed by atoms with Gasteiger partial charge in [0.15, 0.2) is 0 Å². The summed E-state index contributed by atoms with van der Waals surface area (Å²) in [4.78, 5) is 0. The van der Waals surface area contributed by atoms with Crippen LogP contribution in [0.3, 0.4) is 0 Å². The van der Waals surface area contributed by atoms with Crippen molar-refractivity contribution in [1.82, 2.24) is 0 Å². The van der Waals surface area contributed by atoms with Crippen molar-refractivity contribution in [3.8, 4) is 0 Å². The molecule has 0 amide bonds. The Morgan fingerprint density at radius 3 is 1.35 bits per heavy atom. The van der Waals surface area contributed by atoms with E-state index >= 15 is 0 Å². The monoisotopic (exact) mass is 490 g/mol. The standard InChI is InChI=1S/C28H43O5P/c29-21-13-3-1-7-19-27(25-15-9-5-10-16-25)23-32-34(31)33-24-28(20-8-2-4-14-22-30)26-17-11-6-12-18-26/h5-6,9-12,15-18,27-30,34H,1-4,7-8,13-14,19-24H2. The number of benzene rings is 2. The van der Waals surface area contributed by atoms with Gasteiger partial charge in [0.2, 0.25) is 0 Å². The van der Waals surface area contributed by atoms with Gasteiger partial charge in [0.1, 0.15) is 0 Å². The van der Waals surface area contributed by atoms with Gasteiger partial charge in [0.25, 0.3) is 0 Å². The molecule has 2 unspecified atom stereocenters. The van der Waals surface area contributed by atoms with Gasteiger partial charge < -0.3 is 19.3 Å². The Kier molecular flexibility index (Phi) is 15.9. The van der Waals surface area contributed by atoms with Crippen LogP contribution >= 0.6 is 8.25 Å². The number of aliphatic hydroxyl groups excluding tert-OH is 2. The highest BCUT2D eigenvalue weighted by Gasteiger charge is 2.16. The zero-order valence-electron chi connectivity index (χ0n) is 20.4. The van der Waals surface area contributed by atoms with Crippen LogP contribution in [0.15, 0.2) is 60.7 Å². The molecule has 6 heteroatoms. The number of rotatable bonds is 20. The smallest absolute Gasteiger partial charge is 0.319 e. The van der Waals surface area contributed by atoms with E-state index in [0.29, 0.717) is 13.2 Å². The summed E-state index contributed by atoms with van der Waals surface area (Å²) < 4.78 is 24.1. The molecule has 0 aliphatic carbocycles. The average Bonchev–Trinajstić information content (AvgIpc) is 2.88. The minimum Gasteiger partial charge on any atom is -0.396 e. The van der Waals surface area contributed by atoms with E-state index in [2.05, 4.69) is 24.3 Å². The van der Waals surface area contributed by atoms with Gasteiger partial charge in [-0.3, -0.25) is 4.57 Å². The lowest BCUT2D eigenvalue weighted by Gasteiger charge is -2.20. The van der Waals surface area contributed by atoms with Crippen LogP contribution in [0.5, 0.6) is 0 Å². The number of hydrogen-bond donors (Lipinski definition) is 2. The second-order valence-electron chi connectivity index (χ2n) is 8.94. The van der Waals surface area contributed by atoms with Crippen LogP contribution in [0.4, 0.5) is 0 Å². The van der Waals surface area contributed by atoms with Gasteiger partial charge in [0, 0.05) is 25.0 Å². The van der Waals surface area contributed by atoms with Crippen molar-refractivity contribution < 1.29 is 23.8 Å². The quantitative estimate of drug-likeness (QED) is 0.157. The molecular formula is C28H43O5P. The Hall–Kier alpha value is -1.49. The molecule has 2 aromatic carbocycles. The van der Waals surface area contributed by atoms with Gasteiger partial charge in [-0.1, -0.05) is 99.2 Å². The molecule has 2 aromatic rings. The lowest BCUT2D eigenvalue weighted by molar-refractivity contribution is 0.199. The molecule has 190 valence electrons. The third-order valence-electron chi connectivity index (χ3n) is 6.27. The molecule has 34 heavy (non-hydrogen) atoms.